The van der Waals surface area contributed by atoms with Gasteiger partial charge >= 0.3 is 5.19 Å². The first kappa shape index (κ1) is 19.2. The molecule has 1 saturated heterocycles. The summed E-state index contributed by atoms with van der Waals surface area (Å²) in [5.41, 5.74) is 7.74. The lowest BCUT2D eigenvalue weighted by molar-refractivity contribution is 0.474. The molecule has 8 nitrogen and oxygen atoms in total. The quantitative estimate of drug-likeness (QED) is 0.663. The van der Waals surface area contributed by atoms with Gasteiger partial charge in [0.15, 0.2) is 5.82 Å². The highest BCUT2D eigenvalue weighted by Crippen LogP contribution is 2.36. The molecule has 3 aromatic rings. The predicted molar refractivity (Wildman–Crippen MR) is 111 cm³/mol. The second-order valence-corrected chi connectivity index (χ2v) is 7.70. The van der Waals surface area contributed by atoms with Gasteiger partial charge in [-0.05, 0) is 67.3 Å². The van der Waals surface area contributed by atoms with E-state index in [1.54, 1.807) is 30.6 Å². The standard InChI is InChI=1S/C20H21N7OS/c21-7-6-15-12-23-18(24-13-15)16-5-4-14(11-22)10-17(16)28-20-26-25-19(29-20)27-8-2-1-3-9-27/h4-5,10,12-13H,1-3,6-9,21H2. The first-order chi connectivity index (χ1) is 14.3. The Morgan fingerprint density at radius 3 is 2.66 bits per heavy atom. The minimum atomic E-state index is 0.432. The minimum Gasteiger partial charge on any atom is -0.429 e. The number of hydrogen-bond acceptors (Lipinski definition) is 9. The van der Waals surface area contributed by atoms with Crippen LogP contribution in [0.15, 0.2) is 30.6 Å². The number of hydrogen-bond donors (Lipinski definition) is 1. The molecular weight excluding hydrogens is 386 g/mol. The lowest BCUT2D eigenvalue weighted by Crippen LogP contribution is -2.29. The molecule has 3 heterocycles. The Morgan fingerprint density at radius 1 is 1.14 bits per heavy atom. The number of ether oxygens (including phenoxy) is 1. The lowest BCUT2D eigenvalue weighted by Gasteiger charge is -2.25. The normalized spacial score (nSPS) is 13.9. The molecule has 1 aliphatic heterocycles. The average molecular weight is 408 g/mol. The molecule has 0 aliphatic carbocycles. The van der Waals surface area contributed by atoms with Gasteiger partial charge in [0.1, 0.15) is 5.75 Å². The third-order valence-electron chi connectivity index (χ3n) is 4.71. The fraction of sp³-hybridized carbons (Fsp3) is 0.350. The number of aromatic nitrogens is 4. The zero-order valence-electron chi connectivity index (χ0n) is 15.9. The summed E-state index contributed by atoms with van der Waals surface area (Å²) in [6.45, 7) is 2.53. The van der Waals surface area contributed by atoms with Gasteiger partial charge < -0.3 is 15.4 Å². The molecule has 2 aromatic heterocycles. The zero-order chi connectivity index (χ0) is 20.1. The number of nitrogens with zero attached hydrogens (tertiary/aromatic N) is 6. The number of piperidine rings is 1. The molecule has 0 radical (unpaired) electrons. The SMILES string of the molecule is N#Cc1ccc(-c2ncc(CCN)cn2)c(Oc2nnc(N3CCCCC3)s2)c1. The van der Waals surface area contributed by atoms with Gasteiger partial charge in [-0.3, -0.25) is 0 Å². The molecule has 0 amide bonds. The Morgan fingerprint density at radius 2 is 1.93 bits per heavy atom. The van der Waals surface area contributed by atoms with Crippen molar-refractivity contribution in [2.45, 2.75) is 25.7 Å². The van der Waals surface area contributed by atoms with Crippen LogP contribution in [0.1, 0.15) is 30.4 Å². The summed E-state index contributed by atoms with van der Waals surface area (Å²) in [5, 5.41) is 19.0. The molecule has 1 fully saturated rings. The van der Waals surface area contributed by atoms with Crippen molar-refractivity contribution in [3.8, 4) is 28.4 Å². The summed E-state index contributed by atoms with van der Waals surface area (Å²) < 4.78 is 6.02. The molecule has 4 rings (SSSR count). The maximum Gasteiger partial charge on any atom is 0.301 e. The zero-order valence-corrected chi connectivity index (χ0v) is 16.7. The fourth-order valence-electron chi connectivity index (χ4n) is 3.20. The summed E-state index contributed by atoms with van der Waals surface area (Å²) in [5.74, 6) is 1.00. The van der Waals surface area contributed by atoms with Crippen molar-refractivity contribution in [3.05, 3.63) is 41.7 Å². The smallest absolute Gasteiger partial charge is 0.301 e. The van der Waals surface area contributed by atoms with Gasteiger partial charge in [0.05, 0.1) is 17.2 Å². The molecule has 29 heavy (non-hydrogen) atoms. The van der Waals surface area contributed by atoms with Crippen LogP contribution in [0.4, 0.5) is 5.13 Å². The van der Waals surface area contributed by atoms with Crippen LogP contribution in [0.2, 0.25) is 0 Å². The van der Waals surface area contributed by atoms with E-state index in [-0.39, 0.29) is 0 Å². The first-order valence-corrected chi connectivity index (χ1v) is 10.4. The predicted octanol–water partition coefficient (Wildman–Crippen LogP) is 3.15. The van der Waals surface area contributed by atoms with Crippen molar-refractivity contribution >= 4 is 16.5 Å². The number of rotatable bonds is 6. The largest absolute Gasteiger partial charge is 0.429 e. The van der Waals surface area contributed by atoms with E-state index >= 15 is 0 Å². The minimum absolute atomic E-state index is 0.432. The van der Waals surface area contributed by atoms with Gasteiger partial charge in [0, 0.05) is 25.5 Å². The lowest BCUT2D eigenvalue weighted by atomic mass is 10.1. The van der Waals surface area contributed by atoms with Gasteiger partial charge in [0.25, 0.3) is 0 Å². The molecule has 0 bridgehead atoms. The van der Waals surface area contributed by atoms with Crippen molar-refractivity contribution < 1.29 is 4.74 Å². The summed E-state index contributed by atoms with van der Waals surface area (Å²) in [4.78, 5) is 11.1. The Bertz CT molecular complexity index is 1010. The number of nitriles is 1. The van der Waals surface area contributed by atoms with Gasteiger partial charge in [-0.2, -0.15) is 5.26 Å². The highest BCUT2D eigenvalue weighted by atomic mass is 32.1. The molecule has 0 saturated carbocycles. The summed E-state index contributed by atoms with van der Waals surface area (Å²) in [6, 6.07) is 7.32. The van der Waals surface area contributed by atoms with Crippen molar-refractivity contribution in [2.75, 3.05) is 24.5 Å². The van der Waals surface area contributed by atoms with Crippen molar-refractivity contribution in [1.82, 2.24) is 20.2 Å². The third kappa shape index (κ3) is 4.50. The van der Waals surface area contributed by atoms with E-state index in [1.807, 2.05) is 0 Å². The van der Waals surface area contributed by atoms with E-state index < -0.39 is 0 Å². The first-order valence-electron chi connectivity index (χ1n) is 9.58. The van der Waals surface area contributed by atoms with E-state index in [0.717, 1.165) is 30.2 Å². The van der Waals surface area contributed by atoms with Crippen molar-refractivity contribution in [1.29, 1.82) is 5.26 Å². The monoisotopic (exact) mass is 407 g/mol. The molecule has 0 spiro atoms. The highest BCUT2D eigenvalue weighted by molar-refractivity contribution is 7.17. The Hall–Kier alpha value is -3.09. The van der Waals surface area contributed by atoms with E-state index in [0.29, 0.717) is 34.4 Å². The molecular formula is C20H21N7OS. The van der Waals surface area contributed by atoms with Gasteiger partial charge in [-0.1, -0.05) is 5.10 Å². The van der Waals surface area contributed by atoms with Gasteiger partial charge in [-0.25, -0.2) is 9.97 Å². The van der Waals surface area contributed by atoms with Crippen LogP contribution < -0.4 is 15.4 Å². The molecule has 0 atom stereocenters. The molecule has 9 heteroatoms. The van der Waals surface area contributed by atoms with E-state index in [1.165, 1.54) is 30.6 Å². The number of benzene rings is 1. The summed E-state index contributed by atoms with van der Waals surface area (Å²) >= 11 is 1.40. The van der Waals surface area contributed by atoms with Gasteiger partial charge in [0.2, 0.25) is 5.13 Å². The van der Waals surface area contributed by atoms with Crippen LogP contribution in [-0.2, 0) is 6.42 Å². The highest BCUT2D eigenvalue weighted by Gasteiger charge is 2.18. The van der Waals surface area contributed by atoms with Crippen LogP contribution in [0.25, 0.3) is 11.4 Å². The molecule has 0 unspecified atom stereocenters. The topological polar surface area (TPSA) is 114 Å². The third-order valence-corrected chi connectivity index (χ3v) is 5.57. The maximum absolute atomic E-state index is 9.28. The second kappa shape index (κ2) is 8.94. The Balaban J connectivity index is 1.61. The molecule has 1 aromatic carbocycles. The Kier molecular flexibility index (Phi) is 5.93. The Labute approximate surface area is 173 Å². The van der Waals surface area contributed by atoms with Crippen molar-refractivity contribution in [2.24, 2.45) is 5.73 Å². The number of anilines is 1. The van der Waals surface area contributed by atoms with E-state index in [9.17, 15) is 5.26 Å². The molecule has 2 N–H and O–H groups in total. The fourth-order valence-corrected chi connectivity index (χ4v) is 3.96. The average Bonchev–Trinajstić information content (AvgIpc) is 3.24. The van der Waals surface area contributed by atoms with E-state index in [4.69, 9.17) is 10.5 Å². The van der Waals surface area contributed by atoms with Crippen LogP contribution in [0.5, 0.6) is 10.9 Å². The maximum atomic E-state index is 9.28. The second-order valence-electron chi connectivity index (χ2n) is 6.78. The van der Waals surface area contributed by atoms with Crippen LogP contribution >= 0.6 is 11.3 Å². The van der Waals surface area contributed by atoms with Crippen LogP contribution in [0.3, 0.4) is 0 Å². The van der Waals surface area contributed by atoms with Crippen LogP contribution in [0, 0.1) is 11.3 Å². The summed E-state index contributed by atoms with van der Waals surface area (Å²) in [6.07, 6.45) is 7.84. The van der Waals surface area contributed by atoms with Gasteiger partial charge in [-0.15, -0.1) is 5.10 Å². The number of nitrogens with two attached hydrogens (primary N) is 1. The van der Waals surface area contributed by atoms with E-state index in [2.05, 4.69) is 31.1 Å². The van der Waals surface area contributed by atoms with Crippen molar-refractivity contribution in [3.63, 3.8) is 0 Å². The molecule has 1 aliphatic rings. The summed E-state index contributed by atoms with van der Waals surface area (Å²) in [7, 11) is 0. The van der Waals surface area contributed by atoms with Crippen LogP contribution in [-0.4, -0.2) is 39.8 Å². The molecule has 148 valence electrons.